The lowest BCUT2D eigenvalue weighted by Gasteiger charge is -2.36. The zero-order chi connectivity index (χ0) is 20.9. The minimum Gasteiger partial charge on any atom is -0.368 e. The van der Waals surface area contributed by atoms with Crippen LogP contribution in [-0.4, -0.2) is 57.8 Å². The fourth-order valence-electron chi connectivity index (χ4n) is 3.18. The van der Waals surface area contributed by atoms with Crippen molar-refractivity contribution in [2.45, 2.75) is 6.42 Å². The molecule has 3 heterocycles. The molecule has 10 heteroatoms. The standard InChI is InChI=1S/C20H19ClN6O2S/c21-14-2-1-3-16(10-14)26-6-8-27(9-7-26)18(28)11-15-13-30-20(24-15)25-19(29)17-12-22-4-5-23-17/h1-5,10,12-13H,6-9,11H2,(H,24,25,29). The summed E-state index contributed by atoms with van der Waals surface area (Å²) in [6, 6.07) is 7.74. The van der Waals surface area contributed by atoms with Gasteiger partial charge in [-0.1, -0.05) is 17.7 Å². The highest BCUT2D eigenvalue weighted by atomic mass is 35.5. The molecule has 0 unspecified atom stereocenters. The molecule has 0 aliphatic carbocycles. The molecule has 1 aliphatic heterocycles. The van der Waals surface area contributed by atoms with Crippen molar-refractivity contribution in [2.75, 3.05) is 36.4 Å². The number of benzene rings is 1. The van der Waals surface area contributed by atoms with Crippen LogP contribution < -0.4 is 10.2 Å². The highest BCUT2D eigenvalue weighted by Gasteiger charge is 2.22. The van der Waals surface area contributed by atoms with E-state index in [1.807, 2.05) is 29.2 Å². The maximum atomic E-state index is 12.7. The summed E-state index contributed by atoms with van der Waals surface area (Å²) in [6.45, 7) is 2.79. The topological polar surface area (TPSA) is 91.3 Å². The summed E-state index contributed by atoms with van der Waals surface area (Å²) < 4.78 is 0. The lowest BCUT2D eigenvalue weighted by molar-refractivity contribution is -0.130. The second kappa shape index (κ2) is 9.19. The smallest absolute Gasteiger partial charge is 0.277 e. The second-order valence-electron chi connectivity index (χ2n) is 6.71. The van der Waals surface area contributed by atoms with E-state index in [1.165, 1.54) is 29.9 Å². The predicted molar refractivity (Wildman–Crippen MR) is 116 cm³/mol. The SMILES string of the molecule is O=C(Nc1nc(CC(=O)N2CCN(c3cccc(Cl)c3)CC2)cs1)c1cnccn1. The molecular formula is C20H19ClN6O2S. The zero-order valence-electron chi connectivity index (χ0n) is 16.0. The Bertz CT molecular complexity index is 1040. The summed E-state index contributed by atoms with van der Waals surface area (Å²) in [7, 11) is 0. The van der Waals surface area contributed by atoms with E-state index in [0.29, 0.717) is 28.9 Å². The molecule has 0 radical (unpaired) electrons. The van der Waals surface area contributed by atoms with Crippen molar-refractivity contribution in [1.29, 1.82) is 0 Å². The molecule has 0 saturated carbocycles. The van der Waals surface area contributed by atoms with E-state index in [1.54, 1.807) is 5.38 Å². The summed E-state index contributed by atoms with van der Waals surface area (Å²) in [5.41, 5.74) is 1.91. The van der Waals surface area contributed by atoms with Gasteiger partial charge in [-0.25, -0.2) is 9.97 Å². The third-order valence-corrected chi connectivity index (χ3v) is 5.75. The van der Waals surface area contributed by atoms with E-state index in [9.17, 15) is 9.59 Å². The van der Waals surface area contributed by atoms with Crippen LogP contribution in [0.25, 0.3) is 0 Å². The Labute approximate surface area is 182 Å². The summed E-state index contributed by atoms with van der Waals surface area (Å²) in [5.74, 6) is -0.356. The van der Waals surface area contributed by atoms with E-state index in [4.69, 9.17) is 11.6 Å². The quantitative estimate of drug-likeness (QED) is 0.653. The average Bonchev–Trinajstić information content (AvgIpc) is 3.21. The van der Waals surface area contributed by atoms with Crippen molar-refractivity contribution in [1.82, 2.24) is 19.9 Å². The number of hydrogen-bond donors (Lipinski definition) is 1. The largest absolute Gasteiger partial charge is 0.368 e. The Morgan fingerprint density at radius 3 is 2.73 bits per heavy atom. The summed E-state index contributed by atoms with van der Waals surface area (Å²) in [6.07, 6.45) is 4.54. The van der Waals surface area contributed by atoms with E-state index >= 15 is 0 Å². The van der Waals surface area contributed by atoms with Gasteiger partial charge in [0, 0.05) is 54.7 Å². The van der Waals surface area contributed by atoms with Crippen molar-refractivity contribution >= 4 is 45.6 Å². The second-order valence-corrected chi connectivity index (χ2v) is 8.01. The minimum absolute atomic E-state index is 0.0258. The number of carbonyl (C=O) groups excluding carboxylic acids is 2. The number of anilines is 2. The number of hydrogen-bond acceptors (Lipinski definition) is 7. The number of carbonyl (C=O) groups is 2. The molecule has 2 amide bonds. The van der Waals surface area contributed by atoms with Gasteiger partial charge in [0.25, 0.3) is 5.91 Å². The highest BCUT2D eigenvalue weighted by molar-refractivity contribution is 7.14. The maximum absolute atomic E-state index is 12.7. The van der Waals surface area contributed by atoms with Crippen LogP contribution in [0.15, 0.2) is 48.2 Å². The van der Waals surface area contributed by atoms with Crippen LogP contribution in [0, 0.1) is 0 Å². The number of nitrogens with one attached hydrogen (secondary N) is 1. The van der Waals surface area contributed by atoms with Crippen LogP contribution in [0.4, 0.5) is 10.8 Å². The highest BCUT2D eigenvalue weighted by Crippen LogP contribution is 2.21. The van der Waals surface area contributed by atoms with Gasteiger partial charge in [-0.05, 0) is 18.2 Å². The maximum Gasteiger partial charge on any atom is 0.277 e. The molecule has 1 saturated heterocycles. The van der Waals surface area contributed by atoms with Gasteiger partial charge in [-0.15, -0.1) is 11.3 Å². The fraction of sp³-hybridized carbons (Fsp3) is 0.250. The number of halogens is 1. The predicted octanol–water partition coefficient (Wildman–Crippen LogP) is 2.73. The fourth-order valence-corrected chi connectivity index (χ4v) is 4.07. The van der Waals surface area contributed by atoms with E-state index < -0.39 is 0 Å². The number of nitrogens with zero attached hydrogens (tertiary/aromatic N) is 5. The molecule has 3 aromatic rings. The Morgan fingerprint density at radius 2 is 2.00 bits per heavy atom. The first-order chi connectivity index (χ1) is 14.6. The van der Waals surface area contributed by atoms with Crippen LogP contribution in [0.1, 0.15) is 16.2 Å². The van der Waals surface area contributed by atoms with Crippen LogP contribution in [0.2, 0.25) is 5.02 Å². The minimum atomic E-state index is -0.382. The van der Waals surface area contributed by atoms with Gasteiger partial charge in [0.1, 0.15) is 5.69 Å². The Hall–Kier alpha value is -3.04. The van der Waals surface area contributed by atoms with Crippen molar-refractivity contribution < 1.29 is 9.59 Å². The monoisotopic (exact) mass is 442 g/mol. The van der Waals surface area contributed by atoms with Crippen molar-refractivity contribution in [3.63, 3.8) is 0 Å². The van der Waals surface area contributed by atoms with Crippen molar-refractivity contribution in [3.05, 3.63) is 64.6 Å². The molecule has 1 fully saturated rings. The van der Waals surface area contributed by atoms with Gasteiger partial charge in [0.2, 0.25) is 5.91 Å². The van der Waals surface area contributed by atoms with E-state index in [2.05, 4.69) is 25.2 Å². The van der Waals surface area contributed by atoms with Crippen LogP contribution in [0.3, 0.4) is 0 Å². The number of aromatic nitrogens is 3. The molecule has 0 atom stereocenters. The van der Waals surface area contributed by atoms with Gasteiger partial charge < -0.3 is 9.80 Å². The van der Waals surface area contributed by atoms with E-state index in [-0.39, 0.29) is 23.9 Å². The Kier molecular flexibility index (Phi) is 6.20. The average molecular weight is 443 g/mol. The van der Waals surface area contributed by atoms with Gasteiger partial charge in [0.15, 0.2) is 5.13 Å². The third kappa shape index (κ3) is 4.92. The molecule has 4 rings (SSSR count). The molecule has 1 aliphatic rings. The summed E-state index contributed by atoms with van der Waals surface area (Å²) >= 11 is 7.35. The molecule has 2 aromatic heterocycles. The van der Waals surface area contributed by atoms with Crippen LogP contribution >= 0.6 is 22.9 Å². The Morgan fingerprint density at radius 1 is 1.17 bits per heavy atom. The molecule has 1 N–H and O–H groups in total. The third-order valence-electron chi connectivity index (χ3n) is 4.71. The molecular weight excluding hydrogens is 424 g/mol. The van der Waals surface area contributed by atoms with Gasteiger partial charge in [-0.2, -0.15) is 0 Å². The number of thiazole rings is 1. The number of amides is 2. The Balaban J connectivity index is 1.29. The number of piperazine rings is 1. The normalized spacial score (nSPS) is 13.9. The lowest BCUT2D eigenvalue weighted by Crippen LogP contribution is -2.49. The van der Waals surface area contributed by atoms with Gasteiger partial charge in [-0.3, -0.25) is 19.9 Å². The number of rotatable bonds is 5. The van der Waals surface area contributed by atoms with Crippen molar-refractivity contribution in [2.24, 2.45) is 0 Å². The zero-order valence-corrected chi connectivity index (χ0v) is 17.6. The van der Waals surface area contributed by atoms with Gasteiger partial charge in [0.05, 0.1) is 18.3 Å². The first-order valence-electron chi connectivity index (χ1n) is 9.38. The molecule has 0 bridgehead atoms. The van der Waals surface area contributed by atoms with Crippen molar-refractivity contribution in [3.8, 4) is 0 Å². The first kappa shape index (κ1) is 20.2. The molecule has 8 nitrogen and oxygen atoms in total. The molecule has 154 valence electrons. The molecule has 1 aromatic carbocycles. The van der Waals surface area contributed by atoms with Crippen LogP contribution in [-0.2, 0) is 11.2 Å². The summed E-state index contributed by atoms with van der Waals surface area (Å²) in [5, 5.41) is 5.60. The first-order valence-corrected chi connectivity index (χ1v) is 10.6. The lowest BCUT2D eigenvalue weighted by atomic mass is 10.2. The molecule has 0 spiro atoms. The van der Waals surface area contributed by atoms with Gasteiger partial charge >= 0.3 is 0 Å². The molecule has 30 heavy (non-hydrogen) atoms. The summed E-state index contributed by atoms with van der Waals surface area (Å²) in [4.78, 5) is 41.0. The van der Waals surface area contributed by atoms with Crippen LogP contribution in [0.5, 0.6) is 0 Å². The van der Waals surface area contributed by atoms with E-state index in [0.717, 1.165) is 18.8 Å².